The average Bonchev–Trinajstić information content (AvgIpc) is 2.83. The lowest BCUT2D eigenvalue weighted by atomic mass is 10.1. The van der Waals surface area contributed by atoms with E-state index in [1.165, 1.54) is 0 Å². The Balaban J connectivity index is 1.77. The number of nitrogens with zero attached hydrogens (tertiary/aromatic N) is 2. The number of hydrogen-bond donors (Lipinski definition) is 1. The van der Waals surface area contributed by atoms with Crippen molar-refractivity contribution in [2.45, 2.75) is 12.5 Å². The number of aromatic nitrogens is 1. The lowest BCUT2D eigenvalue weighted by Crippen LogP contribution is -2.36. The molecule has 4 nitrogen and oxygen atoms in total. The van der Waals surface area contributed by atoms with Crippen LogP contribution in [0.1, 0.15) is 16.8 Å². The molecule has 1 atom stereocenters. The summed E-state index contributed by atoms with van der Waals surface area (Å²) in [6.07, 6.45) is 4.57. The molecule has 3 rings (SSSR count). The summed E-state index contributed by atoms with van der Waals surface area (Å²) in [7, 11) is 2.08. The first-order valence-electron chi connectivity index (χ1n) is 6.55. The highest BCUT2D eigenvalue weighted by Gasteiger charge is 2.21. The summed E-state index contributed by atoms with van der Waals surface area (Å²) in [5.74, 6) is 0.00560. The molecule has 1 aromatic carbocycles. The van der Waals surface area contributed by atoms with Crippen molar-refractivity contribution in [2.24, 2.45) is 0 Å². The van der Waals surface area contributed by atoms with E-state index in [0.29, 0.717) is 5.56 Å². The molecule has 4 heteroatoms. The molecule has 0 bridgehead atoms. The molecule has 1 aliphatic heterocycles. The van der Waals surface area contributed by atoms with Crippen molar-refractivity contribution in [3.8, 4) is 0 Å². The maximum Gasteiger partial charge on any atom is 0.251 e. The van der Waals surface area contributed by atoms with Gasteiger partial charge in [-0.1, -0.05) is 6.07 Å². The quantitative estimate of drug-likeness (QED) is 0.888. The van der Waals surface area contributed by atoms with Crippen LogP contribution in [-0.2, 0) is 0 Å². The van der Waals surface area contributed by atoms with Crippen LogP contribution in [0.5, 0.6) is 0 Å². The molecule has 1 amide bonds. The second-order valence-corrected chi connectivity index (χ2v) is 5.16. The van der Waals surface area contributed by atoms with Gasteiger partial charge in [-0.05, 0) is 43.6 Å². The standard InChI is InChI=1S/C15H17N3O/c1-18-7-5-14(10-18)17-15(19)12-3-2-11-4-6-16-9-13(11)8-12/h2-4,6,8-9,14H,5,7,10H2,1H3,(H,17,19). The maximum atomic E-state index is 12.2. The van der Waals surface area contributed by atoms with Gasteiger partial charge in [0, 0.05) is 35.9 Å². The van der Waals surface area contributed by atoms with Gasteiger partial charge < -0.3 is 10.2 Å². The topological polar surface area (TPSA) is 45.2 Å². The number of carbonyl (C=O) groups is 1. The molecule has 2 aromatic rings. The Hall–Kier alpha value is -1.94. The number of hydrogen-bond acceptors (Lipinski definition) is 3. The summed E-state index contributed by atoms with van der Waals surface area (Å²) in [6.45, 7) is 1.98. The van der Waals surface area contributed by atoms with E-state index in [1.54, 1.807) is 12.4 Å². The van der Waals surface area contributed by atoms with E-state index in [1.807, 2.05) is 24.3 Å². The van der Waals surface area contributed by atoms with Crippen molar-refractivity contribution in [3.05, 3.63) is 42.2 Å². The predicted octanol–water partition coefficient (Wildman–Crippen LogP) is 1.67. The first kappa shape index (κ1) is 12.1. The fraction of sp³-hybridized carbons (Fsp3) is 0.333. The zero-order chi connectivity index (χ0) is 13.2. The molecule has 1 saturated heterocycles. The summed E-state index contributed by atoms with van der Waals surface area (Å²) in [5.41, 5.74) is 0.704. The third kappa shape index (κ3) is 2.58. The molecule has 1 aliphatic rings. The van der Waals surface area contributed by atoms with E-state index < -0.39 is 0 Å². The van der Waals surface area contributed by atoms with Crippen molar-refractivity contribution in [1.82, 2.24) is 15.2 Å². The highest BCUT2D eigenvalue weighted by molar-refractivity contribution is 5.98. The Morgan fingerprint density at radius 1 is 1.37 bits per heavy atom. The fourth-order valence-corrected chi connectivity index (χ4v) is 2.55. The van der Waals surface area contributed by atoms with Crippen LogP contribution < -0.4 is 5.32 Å². The van der Waals surface area contributed by atoms with Crippen LogP contribution in [0.15, 0.2) is 36.7 Å². The average molecular weight is 255 g/mol. The number of nitrogens with one attached hydrogen (secondary N) is 1. The van der Waals surface area contributed by atoms with Crippen molar-refractivity contribution >= 4 is 16.7 Å². The monoisotopic (exact) mass is 255 g/mol. The number of rotatable bonds is 2. The minimum Gasteiger partial charge on any atom is -0.348 e. The molecule has 0 radical (unpaired) electrons. The van der Waals surface area contributed by atoms with Crippen molar-refractivity contribution in [3.63, 3.8) is 0 Å². The summed E-state index contributed by atoms with van der Waals surface area (Å²) in [6, 6.07) is 7.95. The van der Waals surface area contributed by atoms with Gasteiger partial charge in [-0.3, -0.25) is 9.78 Å². The minimum atomic E-state index is 0.00560. The lowest BCUT2D eigenvalue weighted by Gasteiger charge is -2.13. The van der Waals surface area contributed by atoms with Crippen LogP contribution in [0, 0.1) is 0 Å². The SMILES string of the molecule is CN1CCC(NC(=O)c2ccc3ccncc3c2)C1. The van der Waals surface area contributed by atoms with Crippen molar-refractivity contribution in [2.75, 3.05) is 20.1 Å². The third-order valence-electron chi connectivity index (χ3n) is 3.63. The first-order chi connectivity index (χ1) is 9.22. The molecule has 1 aromatic heterocycles. The molecular weight excluding hydrogens is 238 g/mol. The van der Waals surface area contributed by atoms with Gasteiger partial charge in [-0.25, -0.2) is 0 Å². The highest BCUT2D eigenvalue weighted by atomic mass is 16.1. The van der Waals surface area contributed by atoms with Crippen LogP contribution in [-0.4, -0.2) is 42.0 Å². The fourth-order valence-electron chi connectivity index (χ4n) is 2.55. The molecular formula is C15H17N3O. The Morgan fingerprint density at radius 2 is 2.26 bits per heavy atom. The first-order valence-corrected chi connectivity index (χ1v) is 6.55. The third-order valence-corrected chi connectivity index (χ3v) is 3.63. The van der Waals surface area contributed by atoms with E-state index >= 15 is 0 Å². The van der Waals surface area contributed by atoms with Crippen LogP contribution in [0.3, 0.4) is 0 Å². The molecule has 2 heterocycles. The lowest BCUT2D eigenvalue weighted by molar-refractivity contribution is 0.0938. The Kier molecular flexibility index (Phi) is 3.17. The van der Waals surface area contributed by atoms with Crippen LogP contribution in [0.4, 0.5) is 0 Å². The molecule has 0 saturated carbocycles. The summed E-state index contributed by atoms with van der Waals surface area (Å²) < 4.78 is 0. The Bertz CT molecular complexity index is 611. The van der Waals surface area contributed by atoms with Gasteiger partial charge in [0.05, 0.1) is 0 Å². The van der Waals surface area contributed by atoms with Gasteiger partial charge in [0.15, 0.2) is 0 Å². The number of carbonyl (C=O) groups excluding carboxylic acids is 1. The van der Waals surface area contributed by atoms with E-state index in [2.05, 4.69) is 22.2 Å². The Labute approximate surface area is 112 Å². The van der Waals surface area contributed by atoms with Crippen LogP contribution in [0.2, 0.25) is 0 Å². The second-order valence-electron chi connectivity index (χ2n) is 5.16. The van der Waals surface area contributed by atoms with Gasteiger partial charge >= 0.3 is 0 Å². The van der Waals surface area contributed by atoms with Gasteiger partial charge in [-0.2, -0.15) is 0 Å². The van der Waals surface area contributed by atoms with Crippen LogP contribution >= 0.6 is 0 Å². The van der Waals surface area contributed by atoms with Gasteiger partial charge in [0.25, 0.3) is 5.91 Å². The predicted molar refractivity (Wildman–Crippen MR) is 75.1 cm³/mol. The number of amides is 1. The number of likely N-dealkylation sites (tertiary alicyclic amines) is 1. The zero-order valence-electron chi connectivity index (χ0n) is 11.0. The smallest absolute Gasteiger partial charge is 0.251 e. The van der Waals surface area contributed by atoms with Crippen molar-refractivity contribution in [1.29, 1.82) is 0 Å². The number of fused-ring (bicyclic) bond motifs is 1. The molecule has 1 fully saturated rings. The summed E-state index contributed by atoms with van der Waals surface area (Å²) in [4.78, 5) is 18.5. The maximum absolute atomic E-state index is 12.2. The molecule has 0 spiro atoms. The molecule has 0 aliphatic carbocycles. The molecule has 1 N–H and O–H groups in total. The minimum absolute atomic E-state index is 0.00560. The van der Waals surface area contributed by atoms with E-state index in [4.69, 9.17) is 0 Å². The largest absolute Gasteiger partial charge is 0.348 e. The molecule has 19 heavy (non-hydrogen) atoms. The summed E-state index contributed by atoms with van der Waals surface area (Å²) >= 11 is 0. The zero-order valence-corrected chi connectivity index (χ0v) is 11.0. The number of pyridine rings is 1. The van der Waals surface area contributed by atoms with Gasteiger partial charge in [0.1, 0.15) is 0 Å². The highest BCUT2D eigenvalue weighted by Crippen LogP contribution is 2.15. The van der Waals surface area contributed by atoms with Gasteiger partial charge in [0.2, 0.25) is 0 Å². The van der Waals surface area contributed by atoms with Crippen molar-refractivity contribution < 1.29 is 4.79 Å². The van der Waals surface area contributed by atoms with E-state index in [-0.39, 0.29) is 11.9 Å². The van der Waals surface area contributed by atoms with Gasteiger partial charge in [-0.15, -0.1) is 0 Å². The molecule has 98 valence electrons. The van der Waals surface area contributed by atoms with E-state index in [9.17, 15) is 4.79 Å². The van der Waals surface area contributed by atoms with Crippen LogP contribution in [0.25, 0.3) is 10.8 Å². The molecule has 1 unspecified atom stereocenters. The number of benzene rings is 1. The second kappa shape index (κ2) is 4.97. The summed E-state index contributed by atoms with van der Waals surface area (Å²) in [5, 5.41) is 5.19. The normalized spacial score (nSPS) is 19.7. The number of likely N-dealkylation sites (N-methyl/N-ethyl adjacent to an activating group) is 1. The Morgan fingerprint density at radius 3 is 3.05 bits per heavy atom. The van der Waals surface area contributed by atoms with E-state index in [0.717, 1.165) is 30.3 Å².